The predicted molar refractivity (Wildman–Crippen MR) is 128 cm³/mol. The molecule has 0 bridgehead atoms. The Bertz CT molecular complexity index is 1660. The molecule has 13 nitrogen and oxygen atoms in total. The van der Waals surface area contributed by atoms with Gasteiger partial charge in [0, 0.05) is 32.4 Å². The molecule has 1 saturated heterocycles. The number of H-pyrrole nitrogens is 2. The number of hydrogen-bond acceptors (Lipinski definition) is 8. The lowest BCUT2D eigenvalue weighted by Gasteiger charge is -2.34. The fourth-order valence-corrected chi connectivity index (χ4v) is 4.45. The number of aromatic amines is 2. The zero-order valence-corrected chi connectivity index (χ0v) is 19.2. The molecule has 37 heavy (non-hydrogen) atoms. The molecule has 2 N–H and O–H groups in total. The number of piperazine rings is 1. The Hall–Kier alpha value is -5.14. The number of fused-ring (bicyclic) bond motifs is 1. The summed E-state index contributed by atoms with van der Waals surface area (Å²) < 4.78 is 17.5. The first-order valence-electron chi connectivity index (χ1n) is 11.4. The van der Waals surface area contributed by atoms with E-state index in [0.717, 1.165) is 6.20 Å². The summed E-state index contributed by atoms with van der Waals surface area (Å²) in [5, 5.41) is 14.2. The van der Waals surface area contributed by atoms with Crippen molar-refractivity contribution >= 4 is 28.5 Å². The number of ketones is 1. The van der Waals surface area contributed by atoms with Crippen LogP contribution in [0.15, 0.2) is 59.9 Å². The number of carbonyl (C=O) groups excluding carboxylic acids is 2. The second kappa shape index (κ2) is 8.82. The third kappa shape index (κ3) is 3.74. The van der Waals surface area contributed by atoms with Crippen molar-refractivity contribution in [2.24, 2.45) is 0 Å². The van der Waals surface area contributed by atoms with Crippen LogP contribution in [0, 0.1) is 5.82 Å². The first-order valence-corrected chi connectivity index (χ1v) is 11.4. The number of Topliss-reactive ketones (excluding diaryl/α,β-unsaturated/α-hetero) is 1. The molecule has 0 radical (unpaired) electrons. The van der Waals surface area contributed by atoms with Crippen LogP contribution in [0.3, 0.4) is 0 Å². The van der Waals surface area contributed by atoms with E-state index in [9.17, 15) is 18.8 Å². The van der Waals surface area contributed by atoms with Gasteiger partial charge in [0.1, 0.15) is 0 Å². The molecular formula is C23H19FN10O3. The number of nitrogens with one attached hydrogen (secondary N) is 2. The number of benzene rings is 1. The molecule has 4 aromatic heterocycles. The molecule has 186 valence electrons. The van der Waals surface area contributed by atoms with E-state index in [1.165, 1.54) is 32.7 Å². The molecule has 0 saturated carbocycles. The minimum absolute atomic E-state index is 0.0408. The van der Waals surface area contributed by atoms with Crippen LogP contribution in [0.4, 0.5) is 10.3 Å². The molecule has 0 aliphatic carbocycles. The highest BCUT2D eigenvalue weighted by Gasteiger charge is 2.31. The normalized spacial score (nSPS) is 13.9. The third-order valence-electron chi connectivity index (χ3n) is 6.24. The van der Waals surface area contributed by atoms with E-state index in [0.29, 0.717) is 24.7 Å². The molecule has 1 fully saturated rings. The zero-order chi connectivity index (χ0) is 25.5. The van der Waals surface area contributed by atoms with Crippen molar-refractivity contribution in [2.75, 3.05) is 31.1 Å². The summed E-state index contributed by atoms with van der Waals surface area (Å²) in [4.78, 5) is 48.8. The van der Waals surface area contributed by atoms with Crippen molar-refractivity contribution in [1.82, 2.24) is 44.6 Å². The van der Waals surface area contributed by atoms with E-state index in [1.807, 2.05) is 23.1 Å². The average molecular weight is 502 g/mol. The van der Waals surface area contributed by atoms with Gasteiger partial charge in [-0.2, -0.15) is 0 Å². The number of nitrogens with zero attached hydrogens (tertiary/aromatic N) is 8. The van der Waals surface area contributed by atoms with E-state index in [1.54, 1.807) is 12.1 Å². The Morgan fingerprint density at radius 1 is 1.05 bits per heavy atom. The maximum absolute atomic E-state index is 14.7. The van der Waals surface area contributed by atoms with Gasteiger partial charge in [0.2, 0.25) is 5.95 Å². The Morgan fingerprint density at radius 3 is 2.57 bits per heavy atom. The lowest BCUT2D eigenvalue weighted by molar-refractivity contribution is -0.126. The number of rotatable bonds is 5. The molecule has 5 aromatic rings. The van der Waals surface area contributed by atoms with E-state index in [-0.39, 0.29) is 41.1 Å². The summed E-state index contributed by atoms with van der Waals surface area (Å²) >= 11 is 0. The highest BCUT2D eigenvalue weighted by atomic mass is 19.1. The molecule has 14 heteroatoms. The molecule has 5 heterocycles. The third-order valence-corrected chi connectivity index (χ3v) is 6.24. The zero-order valence-electron chi connectivity index (χ0n) is 19.2. The van der Waals surface area contributed by atoms with Gasteiger partial charge in [-0.25, -0.2) is 28.5 Å². The molecule has 0 atom stereocenters. The lowest BCUT2D eigenvalue weighted by Crippen LogP contribution is -2.51. The van der Waals surface area contributed by atoms with Gasteiger partial charge >= 0.3 is 5.69 Å². The van der Waals surface area contributed by atoms with Gasteiger partial charge in [0.15, 0.2) is 11.6 Å². The highest BCUT2D eigenvalue weighted by Crippen LogP contribution is 2.26. The first kappa shape index (κ1) is 22.3. The smallest absolute Gasteiger partial charge is 0.349 e. The first-order chi connectivity index (χ1) is 18.0. The molecule has 1 amide bonds. The quantitative estimate of drug-likeness (QED) is 0.263. The monoisotopic (exact) mass is 502 g/mol. The number of pyridine rings is 1. The minimum atomic E-state index is -0.838. The van der Waals surface area contributed by atoms with Crippen molar-refractivity contribution in [1.29, 1.82) is 0 Å². The molecule has 1 aromatic carbocycles. The van der Waals surface area contributed by atoms with E-state index >= 15 is 0 Å². The summed E-state index contributed by atoms with van der Waals surface area (Å²) in [6.07, 6.45) is 5.25. The summed E-state index contributed by atoms with van der Waals surface area (Å²) in [6.45, 7) is 1.13. The van der Waals surface area contributed by atoms with Gasteiger partial charge in [0.25, 0.3) is 11.7 Å². The van der Waals surface area contributed by atoms with Gasteiger partial charge < -0.3 is 14.8 Å². The molecule has 6 rings (SSSR count). The van der Waals surface area contributed by atoms with Crippen LogP contribution in [0.25, 0.3) is 22.4 Å². The number of carbonyl (C=O) groups is 2. The fourth-order valence-electron chi connectivity index (χ4n) is 4.45. The van der Waals surface area contributed by atoms with Gasteiger partial charge in [-0.15, -0.1) is 10.2 Å². The van der Waals surface area contributed by atoms with Crippen LogP contribution >= 0.6 is 0 Å². The van der Waals surface area contributed by atoms with Gasteiger partial charge in [-0.1, -0.05) is 23.4 Å². The number of aromatic nitrogens is 8. The number of amides is 1. The Balaban J connectivity index is 1.22. The Morgan fingerprint density at radius 2 is 1.84 bits per heavy atom. The lowest BCUT2D eigenvalue weighted by atomic mass is 10.1. The van der Waals surface area contributed by atoms with Crippen LogP contribution in [0.1, 0.15) is 10.4 Å². The number of hydrogen-bond donors (Lipinski definition) is 2. The van der Waals surface area contributed by atoms with E-state index in [4.69, 9.17) is 0 Å². The van der Waals surface area contributed by atoms with Gasteiger partial charge in [0.05, 0.1) is 40.7 Å². The maximum Gasteiger partial charge on any atom is 0.349 e. The Kier molecular flexibility index (Phi) is 5.32. The molecule has 0 unspecified atom stereocenters. The molecule has 0 spiro atoms. The summed E-state index contributed by atoms with van der Waals surface area (Å²) in [6, 6.07) is 9.08. The van der Waals surface area contributed by atoms with Crippen LogP contribution in [-0.2, 0) is 4.79 Å². The van der Waals surface area contributed by atoms with Crippen molar-refractivity contribution in [3.63, 3.8) is 0 Å². The van der Waals surface area contributed by atoms with Crippen LogP contribution < -0.4 is 10.6 Å². The topological polar surface area (TPSA) is 151 Å². The highest BCUT2D eigenvalue weighted by molar-refractivity contribution is 6.45. The number of para-hydroxylation sites is 1. The van der Waals surface area contributed by atoms with E-state index < -0.39 is 17.5 Å². The SMILES string of the molecule is O=C(C(=O)N1CCN(c2n[nH]c(=O)n2-c2ccccc2)CC1)c1c[nH]c2c(-n3ccnn3)ncc(F)c12. The largest absolute Gasteiger partial charge is 0.357 e. The number of halogens is 1. The number of anilines is 1. The fraction of sp³-hybridized carbons (Fsp3) is 0.174. The molecule has 1 aliphatic heterocycles. The summed E-state index contributed by atoms with van der Waals surface area (Å²) in [5.74, 6) is -1.66. The van der Waals surface area contributed by atoms with Crippen LogP contribution in [0.5, 0.6) is 0 Å². The summed E-state index contributed by atoms with van der Waals surface area (Å²) in [7, 11) is 0. The second-order valence-corrected chi connectivity index (χ2v) is 8.34. The molecular weight excluding hydrogens is 483 g/mol. The molecule has 1 aliphatic rings. The second-order valence-electron chi connectivity index (χ2n) is 8.34. The minimum Gasteiger partial charge on any atom is -0.357 e. The van der Waals surface area contributed by atoms with Gasteiger partial charge in [-0.3, -0.25) is 9.59 Å². The predicted octanol–water partition coefficient (Wildman–Crippen LogP) is 0.688. The summed E-state index contributed by atoms with van der Waals surface area (Å²) in [5.41, 5.74) is 0.417. The van der Waals surface area contributed by atoms with Crippen molar-refractivity contribution in [2.45, 2.75) is 0 Å². The van der Waals surface area contributed by atoms with Crippen molar-refractivity contribution in [3.05, 3.63) is 77.0 Å². The van der Waals surface area contributed by atoms with E-state index in [2.05, 4.69) is 30.5 Å². The average Bonchev–Trinajstić information content (AvgIpc) is 3.69. The Labute approximate surface area is 207 Å². The van der Waals surface area contributed by atoms with Gasteiger partial charge in [-0.05, 0) is 12.1 Å². The van der Waals surface area contributed by atoms with Crippen LogP contribution in [-0.4, -0.2) is 82.5 Å². The standard InChI is InChI=1S/C23H19FN10O3/c24-16-13-26-20(33-7-6-27-30-33)18-17(16)15(12-25-18)19(35)21(36)31-8-10-32(11-9-31)22-28-29-23(37)34(22)14-4-2-1-3-5-14/h1-7,12-13,25H,8-11H2,(H,29,37). The van der Waals surface area contributed by atoms with Crippen LogP contribution in [0.2, 0.25) is 0 Å². The van der Waals surface area contributed by atoms with Crippen molar-refractivity contribution in [3.8, 4) is 11.5 Å². The van der Waals surface area contributed by atoms with Crippen molar-refractivity contribution < 1.29 is 14.0 Å². The maximum atomic E-state index is 14.7.